The molecule has 3 aromatic rings. The van der Waals surface area contributed by atoms with Crippen molar-refractivity contribution in [3.8, 4) is 11.5 Å². The van der Waals surface area contributed by atoms with Gasteiger partial charge in [0.05, 0.1) is 12.2 Å². The number of aliphatic hydroxyl groups is 1. The molecule has 0 aliphatic carbocycles. The van der Waals surface area contributed by atoms with Crippen LogP contribution in [0, 0.1) is 6.92 Å². The number of hydrogen-bond donors (Lipinski definition) is 1. The molecule has 1 aromatic heterocycles. The molecule has 1 atom stereocenters. The number of ketones is 1. The van der Waals surface area contributed by atoms with Crippen LogP contribution in [0.1, 0.15) is 35.1 Å². The number of ether oxygens (including phenoxy) is 2. The molecule has 3 heterocycles. The molecule has 1 unspecified atom stereocenters. The number of anilines is 1. The Labute approximate surface area is 203 Å². The van der Waals surface area contributed by atoms with Crippen molar-refractivity contribution in [1.82, 2.24) is 0 Å². The van der Waals surface area contributed by atoms with Gasteiger partial charge in [-0.05, 0) is 67.8 Å². The smallest absolute Gasteiger partial charge is 0.507 e. The molecule has 1 amide bonds. The van der Waals surface area contributed by atoms with Gasteiger partial charge in [-0.3, -0.25) is 14.5 Å². The predicted molar refractivity (Wildman–Crippen MR) is 122 cm³/mol. The molecule has 0 radical (unpaired) electrons. The van der Waals surface area contributed by atoms with Gasteiger partial charge in [0, 0.05) is 17.3 Å². The van der Waals surface area contributed by atoms with Crippen molar-refractivity contribution in [2.45, 2.75) is 32.2 Å². The van der Waals surface area contributed by atoms with Crippen LogP contribution in [0.25, 0.3) is 5.76 Å². The maximum absolute atomic E-state index is 13.2. The van der Waals surface area contributed by atoms with Crippen molar-refractivity contribution in [3.05, 3.63) is 82.8 Å². The first-order chi connectivity index (χ1) is 17.1. The number of furan rings is 1. The van der Waals surface area contributed by atoms with Gasteiger partial charge < -0.3 is 19.0 Å². The summed E-state index contributed by atoms with van der Waals surface area (Å²) in [5.74, 6) is -1.69. The highest BCUT2D eigenvalue weighted by Gasteiger charge is 2.48. The van der Waals surface area contributed by atoms with Crippen LogP contribution in [0.15, 0.2) is 64.6 Å². The first-order valence-electron chi connectivity index (χ1n) is 11.1. The van der Waals surface area contributed by atoms with E-state index in [4.69, 9.17) is 9.15 Å². The van der Waals surface area contributed by atoms with Crippen molar-refractivity contribution in [2.75, 3.05) is 11.5 Å². The zero-order valence-electron chi connectivity index (χ0n) is 19.0. The van der Waals surface area contributed by atoms with E-state index in [1.54, 1.807) is 37.3 Å². The molecule has 0 bridgehead atoms. The lowest BCUT2D eigenvalue weighted by Gasteiger charge is -2.24. The molecule has 10 heteroatoms. The summed E-state index contributed by atoms with van der Waals surface area (Å²) in [4.78, 5) is 27.4. The van der Waals surface area contributed by atoms with E-state index in [2.05, 4.69) is 4.74 Å². The SMILES string of the molecule is Cc1ccc(C2/C(=C(/O)c3ccc4c(c3)CCCO4)C(=O)C(=O)N2c2cccc(OC(F)(F)F)c2)o1. The summed E-state index contributed by atoms with van der Waals surface area (Å²) in [6.45, 7) is 2.25. The number of aryl methyl sites for hydroxylation is 2. The number of carbonyl (C=O) groups excluding carboxylic acids is 2. The lowest BCUT2D eigenvalue weighted by atomic mass is 9.96. The van der Waals surface area contributed by atoms with Gasteiger partial charge in [-0.2, -0.15) is 0 Å². The van der Waals surface area contributed by atoms with Crippen molar-refractivity contribution < 1.29 is 41.8 Å². The van der Waals surface area contributed by atoms with E-state index in [0.29, 0.717) is 23.7 Å². The molecule has 2 aliphatic heterocycles. The molecular weight excluding hydrogens is 479 g/mol. The van der Waals surface area contributed by atoms with Gasteiger partial charge in [0.15, 0.2) is 0 Å². The summed E-state index contributed by atoms with van der Waals surface area (Å²) in [5, 5.41) is 11.2. The van der Waals surface area contributed by atoms with Crippen LogP contribution < -0.4 is 14.4 Å². The number of carbonyl (C=O) groups is 2. The van der Waals surface area contributed by atoms with E-state index in [1.807, 2.05) is 0 Å². The second-order valence-electron chi connectivity index (χ2n) is 8.44. The summed E-state index contributed by atoms with van der Waals surface area (Å²) in [5.41, 5.74) is 0.880. The summed E-state index contributed by atoms with van der Waals surface area (Å²) in [7, 11) is 0. The van der Waals surface area contributed by atoms with Crippen LogP contribution in [-0.2, 0) is 16.0 Å². The van der Waals surface area contributed by atoms with E-state index in [9.17, 15) is 27.9 Å². The standard InChI is InChI=1S/C26H20F3NO6/c1-14-7-9-20(35-14)22-21(23(31)16-8-10-19-15(12-16)4-3-11-34-19)24(32)25(33)30(22)17-5-2-6-18(13-17)36-26(27,28)29/h2,5-10,12-13,22,31H,3-4,11H2,1H3/b23-21-. The Morgan fingerprint density at radius 3 is 2.64 bits per heavy atom. The summed E-state index contributed by atoms with van der Waals surface area (Å²) in [6.07, 6.45) is -3.43. The number of rotatable bonds is 4. The van der Waals surface area contributed by atoms with Crippen molar-refractivity contribution in [2.24, 2.45) is 0 Å². The van der Waals surface area contributed by atoms with E-state index in [-0.39, 0.29) is 17.0 Å². The average molecular weight is 499 g/mol. The number of halogens is 3. The van der Waals surface area contributed by atoms with E-state index in [1.165, 1.54) is 12.1 Å². The molecule has 7 nitrogen and oxygen atoms in total. The minimum Gasteiger partial charge on any atom is -0.507 e. The molecule has 2 aromatic carbocycles. The van der Waals surface area contributed by atoms with Crippen LogP contribution >= 0.6 is 0 Å². The quantitative estimate of drug-likeness (QED) is 0.292. The highest BCUT2D eigenvalue weighted by molar-refractivity contribution is 6.51. The fraction of sp³-hybridized carbons (Fsp3) is 0.231. The maximum Gasteiger partial charge on any atom is 0.573 e. The number of Topliss-reactive ketones (excluding diaryl/α,β-unsaturated/α-hetero) is 1. The summed E-state index contributed by atoms with van der Waals surface area (Å²) >= 11 is 0. The number of hydrogen-bond acceptors (Lipinski definition) is 6. The van der Waals surface area contributed by atoms with Gasteiger partial charge in [0.25, 0.3) is 11.7 Å². The topological polar surface area (TPSA) is 89.2 Å². The number of alkyl halides is 3. The lowest BCUT2D eigenvalue weighted by Crippen LogP contribution is -2.29. The lowest BCUT2D eigenvalue weighted by molar-refractivity contribution is -0.274. The third-order valence-electron chi connectivity index (χ3n) is 5.99. The first kappa shape index (κ1) is 23.5. The van der Waals surface area contributed by atoms with Crippen molar-refractivity contribution in [3.63, 3.8) is 0 Å². The highest BCUT2D eigenvalue weighted by Crippen LogP contribution is 2.44. The van der Waals surface area contributed by atoms with E-state index < -0.39 is 35.6 Å². The fourth-order valence-corrected chi connectivity index (χ4v) is 4.46. The molecule has 2 aliphatic rings. The maximum atomic E-state index is 13.2. The van der Waals surface area contributed by atoms with Crippen molar-refractivity contribution >= 4 is 23.1 Å². The van der Waals surface area contributed by atoms with Crippen LogP contribution in [0.2, 0.25) is 0 Å². The van der Waals surface area contributed by atoms with Crippen LogP contribution in [0.4, 0.5) is 18.9 Å². The largest absolute Gasteiger partial charge is 0.573 e. The van der Waals surface area contributed by atoms with Gasteiger partial charge in [-0.1, -0.05) is 6.07 Å². The third-order valence-corrected chi connectivity index (χ3v) is 5.99. The summed E-state index contributed by atoms with van der Waals surface area (Å²) < 4.78 is 53.7. The van der Waals surface area contributed by atoms with Crippen LogP contribution in [0.5, 0.6) is 11.5 Å². The van der Waals surface area contributed by atoms with E-state index >= 15 is 0 Å². The number of benzene rings is 2. The van der Waals surface area contributed by atoms with Gasteiger partial charge in [-0.25, -0.2) is 0 Å². The van der Waals surface area contributed by atoms with Crippen molar-refractivity contribution in [1.29, 1.82) is 0 Å². The second-order valence-corrected chi connectivity index (χ2v) is 8.44. The zero-order chi connectivity index (χ0) is 25.6. The molecule has 1 fully saturated rings. The second kappa shape index (κ2) is 8.78. The Morgan fingerprint density at radius 2 is 1.92 bits per heavy atom. The molecule has 0 spiro atoms. The molecule has 36 heavy (non-hydrogen) atoms. The van der Waals surface area contributed by atoms with E-state index in [0.717, 1.165) is 35.4 Å². The van der Waals surface area contributed by atoms with Gasteiger partial charge >= 0.3 is 6.36 Å². The minimum atomic E-state index is -4.94. The minimum absolute atomic E-state index is 0.0317. The summed E-state index contributed by atoms with van der Waals surface area (Å²) in [6, 6.07) is 11.6. The highest BCUT2D eigenvalue weighted by atomic mass is 19.4. The Kier molecular flexibility index (Phi) is 5.74. The Balaban J connectivity index is 1.64. The first-order valence-corrected chi connectivity index (χ1v) is 11.1. The third kappa shape index (κ3) is 4.30. The molecule has 186 valence electrons. The van der Waals surface area contributed by atoms with Gasteiger partial charge in [0.1, 0.15) is 34.8 Å². The number of amides is 1. The predicted octanol–water partition coefficient (Wildman–Crippen LogP) is 5.44. The molecule has 1 N–H and O–H groups in total. The molecule has 5 rings (SSSR count). The van der Waals surface area contributed by atoms with Crippen LogP contribution in [0.3, 0.4) is 0 Å². The van der Waals surface area contributed by atoms with Gasteiger partial charge in [0.2, 0.25) is 0 Å². The molecule has 0 saturated carbocycles. The zero-order valence-corrected chi connectivity index (χ0v) is 19.0. The number of aliphatic hydroxyl groups excluding tert-OH is 1. The Bertz CT molecular complexity index is 1390. The van der Waals surface area contributed by atoms with Gasteiger partial charge in [-0.15, -0.1) is 13.2 Å². The fourth-order valence-electron chi connectivity index (χ4n) is 4.46. The Morgan fingerprint density at radius 1 is 1.11 bits per heavy atom. The molecule has 1 saturated heterocycles. The normalized spacial score (nSPS) is 19.2. The number of fused-ring (bicyclic) bond motifs is 1. The molecular formula is C26H20F3NO6. The monoisotopic (exact) mass is 499 g/mol. The average Bonchev–Trinajstić information content (AvgIpc) is 3.38. The Hall–Kier alpha value is -4.21. The van der Waals surface area contributed by atoms with Crippen LogP contribution in [-0.4, -0.2) is 29.8 Å². The number of nitrogens with zero attached hydrogens (tertiary/aromatic N) is 1.